The Hall–Kier alpha value is -2.19. The molecule has 2 aromatic carbocycles. The molecule has 0 N–H and O–H groups in total. The van der Waals surface area contributed by atoms with E-state index in [2.05, 4.69) is 32.9 Å². The highest BCUT2D eigenvalue weighted by Crippen LogP contribution is 2.31. The number of aryl methyl sites for hydroxylation is 2. The first-order chi connectivity index (χ1) is 14.0. The highest BCUT2D eigenvalue weighted by atomic mass is 31.0. The molecular formula is C25H35O4P. The van der Waals surface area contributed by atoms with E-state index in [0.29, 0.717) is 26.9 Å². The summed E-state index contributed by atoms with van der Waals surface area (Å²) >= 11 is 0. The van der Waals surface area contributed by atoms with E-state index in [-0.39, 0.29) is 17.1 Å². The largest absolute Gasteiger partial charge is 0.465 e. The second-order valence-electron chi connectivity index (χ2n) is 8.97. The van der Waals surface area contributed by atoms with Gasteiger partial charge in [-0.2, -0.15) is 0 Å². The summed E-state index contributed by atoms with van der Waals surface area (Å²) in [6.07, 6.45) is 0. The molecule has 0 saturated carbocycles. The molecule has 0 heterocycles. The number of ketones is 1. The van der Waals surface area contributed by atoms with E-state index in [0.717, 1.165) is 11.1 Å². The Morgan fingerprint density at radius 3 is 1.90 bits per heavy atom. The van der Waals surface area contributed by atoms with Gasteiger partial charge in [-0.15, -0.1) is 0 Å². The van der Waals surface area contributed by atoms with Crippen molar-refractivity contribution in [2.24, 2.45) is 5.92 Å². The fourth-order valence-corrected chi connectivity index (χ4v) is 3.30. The van der Waals surface area contributed by atoms with Gasteiger partial charge < -0.3 is 9.30 Å². The Kier molecular flexibility index (Phi) is 9.71. The fourth-order valence-electron chi connectivity index (χ4n) is 3.30. The molecule has 0 aliphatic heterocycles. The first kappa shape index (κ1) is 25.8. The van der Waals surface area contributed by atoms with E-state index in [1.54, 1.807) is 0 Å². The van der Waals surface area contributed by atoms with Gasteiger partial charge in [-0.25, -0.2) is 0 Å². The molecular weight excluding hydrogens is 395 g/mol. The van der Waals surface area contributed by atoms with Gasteiger partial charge in [-0.1, -0.05) is 77.1 Å². The van der Waals surface area contributed by atoms with Crippen molar-refractivity contribution < 1.29 is 18.9 Å². The molecule has 0 aliphatic rings. The van der Waals surface area contributed by atoms with Crippen LogP contribution in [0.3, 0.4) is 0 Å². The van der Waals surface area contributed by atoms with Crippen LogP contribution < -0.4 is 0 Å². The quantitative estimate of drug-likeness (QED) is 0.255. The lowest BCUT2D eigenvalue weighted by atomic mass is 9.81. The Morgan fingerprint density at radius 2 is 1.47 bits per heavy atom. The number of hydrogen-bond acceptors (Lipinski definition) is 4. The van der Waals surface area contributed by atoms with Crippen molar-refractivity contribution in [3.8, 4) is 0 Å². The van der Waals surface area contributed by atoms with Crippen molar-refractivity contribution in [1.82, 2.24) is 0 Å². The summed E-state index contributed by atoms with van der Waals surface area (Å²) in [5.74, 6) is -1.41. The Morgan fingerprint density at radius 1 is 0.967 bits per heavy atom. The summed E-state index contributed by atoms with van der Waals surface area (Å²) in [7, 11) is 0.611. The van der Waals surface area contributed by atoms with Gasteiger partial charge in [0.05, 0.1) is 15.7 Å². The zero-order valence-electron chi connectivity index (χ0n) is 19.2. The van der Waals surface area contributed by atoms with Crippen LogP contribution in [0, 0.1) is 19.8 Å². The van der Waals surface area contributed by atoms with Gasteiger partial charge in [0, 0.05) is 5.56 Å². The molecule has 0 fully saturated rings. The van der Waals surface area contributed by atoms with Gasteiger partial charge in [0.15, 0.2) is 5.78 Å². The summed E-state index contributed by atoms with van der Waals surface area (Å²) in [6.45, 7) is 14.6. The number of carbonyl (C=O) groups is 2. The minimum Gasteiger partial charge on any atom is -0.465 e. The predicted octanol–water partition coefficient (Wildman–Crippen LogP) is 5.71. The molecule has 2 atom stereocenters. The lowest BCUT2D eigenvalue weighted by molar-refractivity contribution is -0.145. The molecule has 0 amide bonds. The molecule has 4 nitrogen and oxygen atoms in total. The highest BCUT2D eigenvalue weighted by molar-refractivity contribution is 7.00. The van der Waals surface area contributed by atoms with Crippen LogP contribution >= 0.6 is 9.12 Å². The van der Waals surface area contributed by atoms with E-state index in [1.165, 1.54) is 5.56 Å². The number of esters is 1. The topological polar surface area (TPSA) is 60.4 Å². The van der Waals surface area contributed by atoms with Crippen LogP contribution in [-0.4, -0.2) is 18.4 Å². The fraction of sp³-hybridized carbons (Fsp3) is 0.440. The van der Waals surface area contributed by atoms with Crippen molar-refractivity contribution in [2.45, 2.75) is 59.8 Å². The lowest BCUT2D eigenvalue weighted by Gasteiger charge is -2.23. The molecule has 0 aliphatic carbocycles. The first-order valence-electron chi connectivity index (χ1n) is 10.2. The van der Waals surface area contributed by atoms with Crippen molar-refractivity contribution in [3.05, 3.63) is 70.3 Å². The van der Waals surface area contributed by atoms with Crippen LogP contribution in [0.1, 0.15) is 73.1 Å². The van der Waals surface area contributed by atoms with Gasteiger partial charge in [0.2, 0.25) is 0 Å². The Bertz CT molecular complexity index is 843. The SMILES string of the molecule is Cc1cc(C(C)(C)C)cc(C)c1C(=O)C(C(=O)OCC(C)C)c1ccccc1.O=[PH3]. The Balaban J connectivity index is 0.00000218. The molecule has 30 heavy (non-hydrogen) atoms. The number of rotatable bonds is 6. The Labute approximate surface area is 182 Å². The average molecular weight is 431 g/mol. The number of ether oxygens (including phenoxy) is 1. The number of carbonyl (C=O) groups excluding carboxylic acids is 2. The second kappa shape index (κ2) is 11.3. The maximum atomic E-state index is 13.5. The van der Waals surface area contributed by atoms with Gasteiger partial charge in [-0.05, 0) is 47.4 Å². The molecule has 0 bridgehead atoms. The minimum atomic E-state index is -0.946. The molecule has 0 saturated heterocycles. The normalized spacial score (nSPS) is 12.1. The maximum Gasteiger partial charge on any atom is 0.321 e. The highest BCUT2D eigenvalue weighted by Gasteiger charge is 2.33. The third kappa shape index (κ3) is 6.67. The van der Waals surface area contributed by atoms with E-state index in [4.69, 9.17) is 9.30 Å². The lowest BCUT2D eigenvalue weighted by Crippen LogP contribution is -2.27. The molecule has 164 valence electrons. The molecule has 2 unspecified atom stereocenters. The van der Waals surface area contributed by atoms with Gasteiger partial charge >= 0.3 is 5.97 Å². The van der Waals surface area contributed by atoms with Crippen LogP contribution in [-0.2, 0) is 19.5 Å². The standard InChI is InChI=1S/C25H32O3.H3OP/c1-16(2)15-28-24(27)22(19-11-9-8-10-12-19)23(26)21-17(3)13-20(14-18(21)4)25(5,6)7;1-2/h8-14,16,22H,15H2,1-7H3;2H3. The molecule has 0 radical (unpaired) electrons. The van der Waals surface area contributed by atoms with E-state index >= 15 is 0 Å². The third-order valence-corrected chi connectivity index (χ3v) is 4.83. The van der Waals surface area contributed by atoms with Crippen LogP contribution in [0.5, 0.6) is 0 Å². The summed E-state index contributed by atoms with van der Waals surface area (Å²) in [6, 6.07) is 13.3. The van der Waals surface area contributed by atoms with E-state index in [1.807, 2.05) is 58.0 Å². The third-order valence-electron chi connectivity index (χ3n) is 4.83. The number of hydrogen-bond donors (Lipinski definition) is 0. The van der Waals surface area contributed by atoms with Crippen molar-refractivity contribution in [1.29, 1.82) is 0 Å². The average Bonchev–Trinajstić information content (AvgIpc) is 2.67. The molecule has 2 rings (SSSR count). The van der Waals surface area contributed by atoms with Crippen LogP contribution in [0.4, 0.5) is 0 Å². The number of benzene rings is 2. The van der Waals surface area contributed by atoms with Crippen molar-refractivity contribution in [3.63, 3.8) is 0 Å². The van der Waals surface area contributed by atoms with Gasteiger partial charge in [0.25, 0.3) is 0 Å². The molecule has 2 aromatic rings. The van der Waals surface area contributed by atoms with Gasteiger partial charge in [-0.3, -0.25) is 9.59 Å². The number of Topliss-reactive ketones (excluding diaryl/α,β-unsaturated/α-hetero) is 1. The predicted molar refractivity (Wildman–Crippen MR) is 126 cm³/mol. The monoisotopic (exact) mass is 430 g/mol. The summed E-state index contributed by atoms with van der Waals surface area (Å²) < 4.78 is 13.7. The van der Waals surface area contributed by atoms with Crippen LogP contribution in [0.2, 0.25) is 0 Å². The first-order valence-corrected chi connectivity index (χ1v) is 10.8. The maximum absolute atomic E-state index is 13.5. The smallest absolute Gasteiger partial charge is 0.321 e. The summed E-state index contributed by atoms with van der Waals surface area (Å²) in [4.78, 5) is 26.4. The zero-order valence-corrected chi connectivity index (χ0v) is 20.7. The second-order valence-corrected chi connectivity index (χ2v) is 8.97. The molecule has 0 aromatic heterocycles. The molecule has 5 heteroatoms. The van der Waals surface area contributed by atoms with Crippen molar-refractivity contribution >= 4 is 20.9 Å². The zero-order chi connectivity index (χ0) is 23.1. The van der Waals surface area contributed by atoms with E-state index < -0.39 is 11.9 Å². The van der Waals surface area contributed by atoms with Gasteiger partial charge in [0.1, 0.15) is 5.92 Å². The van der Waals surface area contributed by atoms with Crippen LogP contribution in [0.25, 0.3) is 0 Å². The van der Waals surface area contributed by atoms with E-state index in [9.17, 15) is 9.59 Å². The van der Waals surface area contributed by atoms with Crippen LogP contribution in [0.15, 0.2) is 42.5 Å². The summed E-state index contributed by atoms with van der Waals surface area (Å²) in [5, 5.41) is 0. The minimum absolute atomic E-state index is 0.00781. The summed E-state index contributed by atoms with van der Waals surface area (Å²) in [5.41, 5.74) is 4.24. The van der Waals surface area contributed by atoms with Crippen molar-refractivity contribution in [2.75, 3.05) is 6.61 Å². The molecule has 0 spiro atoms.